The number of rotatable bonds is 5. The molecular weight excluding hydrogens is 276 g/mol. The van der Waals surface area contributed by atoms with Crippen LogP contribution < -0.4 is 10.6 Å². The first-order chi connectivity index (χ1) is 9.69. The number of hydrogen-bond donors (Lipinski definition) is 2. The van der Waals surface area contributed by atoms with Gasteiger partial charge in [-0.2, -0.15) is 16.7 Å². The summed E-state index contributed by atoms with van der Waals surface area (Å²) in [6.07, 6.45) is 7.39. The van der Waals surface area contributed by atoms with Crippen LogP contribution in [0.25, 0.3) is 0 Å². The molecule has 2 amide bonds. The van der Waals surface area contributed by atoms with Crippen LogP contribution in [0.2, 0.25) is 0 Å². The number of carbonyl (C=O) groups is 1. The molecule has 1 aromatic heterocycles. The van der Waals surface area contributed by atoms with E-state index in [1.165, 1.54) is 19.3 Å². The van der Waals surface area contributed by atoms with Gasteiger partial charge >= 0.3 is 6.03 Å². The molecule has 1 aliphatic carbocycles. The third-order valence-electron chi connectivity index (χ3n) is 3.52. The van der Waals surface area contributed by atoms with Crippen molar-refractivity contribution in [3.63, 3.8) is 0 Å². The van der Waals surface area contributed by atoms with Crippen LogP contribution in [0.4, 0.5) is 4.79 Å². The van der Waals surface area contributed by atoms with Crippen molar-refractivity contribution in [3.05, 3.63) is 11.7 Å². The molecule has 20 heavy (non-hydrogen) atoms. The number of nitrogens with one attached hydrogen (secondary N) is 2. The molecule has 2 rings (SSSR count). The Labute approximate surface area is 123 Å². The van der Waals surface area contributed by atoms with Gasteiger partial charge in [0.25, 0.3) is 0 Å². The summed E-state index contributed by atoms with van der Waals surface area (Å²) in [5.41, 5.74) is 0. The Hall–Kier alpha value is -1.24. The zero-order chi connectivity index (χ0) is 14.4. The number of hydrogen-bond acceptors (Lipinski definition) is 5. The molecule has 1 aromatic rings. The molecule has 0 spiro atoms. The van der Waals surface area contributed by atoms with Crippen molar-refractivity contribution < 1.29 is 9.32 Å². The largest absolute Gasteiger partial charge is 0.339 e. The maximum Gasteiger partial charge on any atom is 0.315 e. The summed E-state index contributed by atoms with van der Waals surface area (Å²) in [5, 5.41) is 10.2. The first-order valence-corrected chi connectivity index (χ1v) is 8.34. The minimum absolute atomic E-state index is 0.104. The van der Waals surface area contributed by atoms with Gasteiger partial charge in [0.05, 0.1) is 0 Å². The molecule has 0 bridgehead atoms. The lowest BCUT2D eigenvalue weighted by molar-refractivity contribution is 0.233. The second-order valence-electron chi connectivity index (χ2n) is 5.05. The summed E-state index contributed by atoms with van der Waals surface area (Å²) < 4.78 is 4.99. The number of urea groups is 1. The van der Waals surface area contributed by atoms with Crippen LogP contribution in [0.3, 0.4) is 0 Å². The number of aryl methyl sites for hydroxylation is 1. The fourth-order valence-corrected chi connectivity index (χ4v) is 3.42. The zero-order valence-electron chi connectivity index (χ0n) is 12.0. The molecule has 0 aliphatic heterocycles. The summed E-state index contributed by atoms with van der Waals surface area (Å²) in [4.78, 5) is 16.0. The highest BCUT2D eigenvalue weighted by molar-refractivity contribution is 7.99. The van der Waals surface area contributed by atoms with E-state index in [1.807, 2.05) is 11.8 Å². The second kappa shape index (κ2) is 7.52. The molecule has 2 atom stereocenters. The number of nitrogens with zero attached hydrogens (tertiary/aromatic N) is 2. The zero-order valence-corrected chi connectivity index (χ0v) is 12.8. The average molecular weight is 298 g/mol. The van der Waals surface area contributed by atoms with Crippen molar-refractivity contribution in [2.75, 3.05) is 12.8 Å². The van der Waals surface area contributed by atoms with Gasteiger partial charge in [0.15, 0.2) is 5.82 Å². The normalized spacial score (nSPS) is 22.5. The van der Waals surface area contributed by atoms with Crippen molar-refractivity contribution in [1.82, 2.24) is 20.8 Å². The molecule has 112 valence electrons. The minimum atomic E-state index is -0.104. The highest BCUT2D eigenvalue weighted by atomic mass is 32.2. The fraction of sp³-hybridized carbons (Fsp3) is 0.769. The third-order valence-corrected chi connectivity index (χ3v) is 4.69. The number of thioether (sulfide) groups is 1. The quantitative estimate of drug-likeness (QED) is 0.868. The predicted molar refractivity (Wildman–Crippen MR) is 78.8 cm³/mol. The van der Waals surface area contributed by atoms with Crippen molar-refractivity contribution >= 4 is 17.8 Å². The lowest BCUT2D eigenvalue weighted by Gasteiger charge is -2.30. The molecule has 0 aromatic carbocycles. The van der Waals surface area contributed by atoms with Gasteiger partial charge in [-0.1, -0.05) is 18.0 Å². The predicted octanol–water partition coefficient (Wildman–Crippen LogP) is 1.89. The monoisotopic (exact) mass is 298 g/mol. The Morgan fingerprint density at radius 3 is 2.95 bits per heavy atom. The van der Waals surface area contributed by atoms with Gasteiger partial charge in [0.2, 0.25) is 5.89 Å². The first kappa shape index (κ1) is 15.2. The Morgan fingerprint density at radius 1 is 1.45 bits per heavy atom. The topological polar surface area (TPSA) is 80.0 Å². The Morgan fingerprint density at radius 2 is 2.25 bits per heavy atom. The summed E-state index contributed by atoms with van der Waals surface area (Å²) in [6, 6.07) is 0.177. The molecule has 1 saturated carbocycles. The SMILES string of the molecule is CS[C@@H]1CCCC[C@@H]1NC(=O)NCCc1nc(C)no1. The van der Waals surface area contributed by atoms with Gasteiger partial charge in [0.1, 0.15) is 0 Å². The van der Waals surface area contributed by atoms with E-state index in [0.717, 1.165) is 6.42 Å². The van der Waals surface area contributed by atoms with Crippen molar-refractivity contribution in [3.8, 4) is 0 Å². The first-order valence-electron chi connectivity index (χ1n) is 7.05. The number of amides is 2. The van der Waals surface area contributed by atoms with E-state index in [-0.39, 0.29) is 12.1 Å². The fourth-order valence-electron chi connectivity index (χ4n) is 2.49. The molecular formula is C13H22N4O2S. The Bertz CT molecular complexity index is 438. The second-order valence-corrected chi connectivity index (χ2v) is 6.13. The summed E-state index contributed by atoms with van der Waals surface area (Å²) >= 11 is 1.84. The van der Waals surface area contributed by atoms with Crippen LogP contribution in [-0.4, -0.2) is 40.3 Å². The Kier molecular flexibility index (Phi) is 5.70. The Balaban J connectivity index is 1.69. The van der Waals surface area contributed by atoms with Gasteiger partial charge < -0.3 is 15.2 Å². The maximum absolute atomic E-state index is 11.9. The van der Waals surface area contributed by atoms with Crippen LogP contribution in [0.1, 0.15) is 37.4 Å². The maximum atomic E-state index is 11.9. The van der Waals surface area contributed by atoms with Crippen LogP contribution in [0.15, 0.2) is 4.52 Å². The van der Waals surface area contributed by atoms with Crippen LogP contribution >= 0.6 is 11.8 Å². The average Bonchev–Trinajstić information content (AvgIpc) is 2.85. The van der Waals surface area contributed by atoms with Gasteiger partial charge in [-0.15, -0.1) is 0 Å². The van der Waals surface area contributed by atoms with E-state index < -0.39 is 0 Å². The highest BCUT2D eigenvalue weighted by Gasteiger charge is 2.25. The van der Waals surface area contributed by atoms with Crippen LogP contribution in [0.5, 0.6) is 0 Å². The standard InChI is InChI=1S/C13H22N4O2S/c1-9-15-12(19-17-9)7-8-14-13(18)16-10-5-3-4-6-11(10)20-2/h10-11H,3-8H2,1-2H3,(H2,14,16,18)/t10-,11+/m0/s1. The summed E-state index contributed by atoms with van der Waals surface area (Å²) in [5.74, 6) is 1.18. The summed E-state index contributed by atoms with van der Waals surface area (Å²) in [7, 11) is 0. The molecule has 0 saturated heterocycles. The van der Waals surface area contributed by atoms with Gasteiger partial charge in [0, 0.05) is 24.3 Å². The number of aromatic nitrogens is 2. The van der Waals surface area contributed by atoms with Crippen molar-refractivity contribution in [1.29, 1.82) is 0 Å². The van der Waals surface area contributed by atoms with Gasteiger partial charge in [-0.3, -0.25) is 0 Å². The molecule has 0 radical (unpaired) electrons. The van der Waals surface area contributed by atoms with E-state index in [1.54, 1.807) is 6.92 Å². The van der Waals surface area contributed by atoms with Crippen molar-refractivity contribution in [2.24, 2.45) is 0 Å². The minimum Gasteiger partial charge on any atom is -0.339 e. The smallest absolute Gasteiger partial charge is 0.315 e. The molecule has 7 heteroatoms. The van der Waals surface area contributed by atoms with E-state index in [2.05, 4.69) is 27.0 Å². The van der Waals surface area contributed by atoms with E-state index in [4.69, 9.17) is 4.52 Å². The van der Waals surface area contributed by atoms with Gasteiger partial charge in [-0.25, -0.2) is 4.79 Å². The van der Waals surface area contributed by atoms with Crippen LogP contribution in [-0.2, 0) is 6.42 Å². The molecule has 6 nitrogen and oxygen atoms in total. The lowest BCUT2D eigenvalue weighted by atomic mass is 9.95. The van der Waals surface area contributed by atoms with E-state index in [9.17, 15) is 4.79 Å². The van der Waals surface area contributed by atoms with Crippen molar-refractivity contribution in [2.45, 2.75) is 50.3 Å². The van der Waals surface area contributed by atoms with E-state index in [0.29, 0.717) is 29.9 Å². The lowest BCUT2D eigenvalue weighted by Crippen LogP contribution is -2.48. The molecule has 1 heterocycles. The van der Waals surface area contributed by atoms with Gasteiger partial charge in [-0.05, 0) is 26.0 Å². The third kappa shape index (κ3) is 4.40. The number of carbonyl (C=O) groups excluding carboxylic acids is 1. The molecule has 1 fully saturated rings. The summed E-state index contributed by atoms with van der Waals surface area (Å²) in [6.45, 7) is 2.28. The van der Waals surface area contributed by atoms with Crippen LogP contribution in [0, 0.1) is 6.92 Å². The highest BCUT2D eigenvalue weighted by Crippen LogP contribution is 2.26. The molecule has 2 N–H and O–H groups in total. The van der Waals surface area contributed by atoms with E-state index >= 15 is 0 Å². The molecule has 1 aliphatic rings. The molecule has 0 unspecified atom stereocenters.